The molecule has 1 aliphatic rings. The van der Waals surface area contributed by atoms with Crippen LogP contribution in [0.5, 0.6) is 0 Å². The van der Waals surface area contributed by atoms with E-state index in [1.54, 1.807) is 0 Å². The molecule has 0 radical (unpaired) electrons. The average molecular weight is 276 g/mol. The Labute approximate surface area is 118 Å². The number of rotatable bonds is 4. The molecule has 0 saturated carbocycles. The third-order valence-corrected chi connectivity index (χ3v) is 5.52. The molecule has 1 aromatic rings. The smallest absolute Gasteiger partial charge is 0.324 e. The van der Waals surface area contributed by atoms with Gasteiger partial charge < -0.3 is 5.11 Å². The van der Waals surface area contributed by atoms with E-state index in [9.17, 15) is 9.90 Å². The van der Waals surface area contributed by atoms with Crippen LogP contribution in [-0.4, -0.2) is 17.3 Å². The Hall–Kier alpha value is -1.22. The number of fused-ring (bicyclic) bond motifs is 1. The minimum atomic E-state index is -0.860. The van der Waals surface area contributed by atoms with Crippen molar-refractivity contribution in [1.29, 1.82) is 0 Å². The number of benzene rings is 1. The molecule has 1 aromatic carbocycles. The van der Waals surface area contributed by atoms with Crippen LogP contribution in [0.15, 0.2) is 30.3 Å². The molecule has 0 amide bonds. The Morgan fingerprint density at radius 1 is 1.47 bits per heavy atom. The van der Waals surface area contributed by atoms with Crippen molar-refractivity contribution < 1.29 is 9.90 Å². The molecular formula is C16H20O2S. The van der Waals surface area contributed by atoms with Gasteiger partial charge in [0.25, 0.3) is 0 Å². The molecule has 1 N–H and O–H groups in total. The van der Waals surface area contributed by atoms with E-state index in [0.29, 0.717) is 5.92 Å². The molecule has 0 aromatic heterocycles. The van der Waals surface area contributed by atoms with Gasteiger partial charge >= 0.3 is 5.97 Å². The van der Waals surface area contributed by atoms with E-state index >= 15 is 0 Å². The molecule has 0 unspecified atom stereocenters. The maximum atomic E-state index is 12.0. The molecule has 1 aliphatic carbocycles. The van der Waals surface area contributed by atoms with Crippen molar-refractivity contribution in [3.63, 3.8) is 0 Å². The third-order valence-electron chi connectivity index (χ3n) is 4.21. The number of aliphatic carboxylic acids is 1. The fourth-order valence-corrected chi connectivity index (χ4v) is 4.10. The first kappa shape index (κ1) is 14.2. The van der Waals surface area contributed by atoms with E-state index < -0.39 is 10.7 Å². The zero-order chi connectivity index (χ0) is 14.0. The van der Waals surface area contributed by atoms with Crippen LogP contribution >= 0.6 is 11.8 Å². The molecule has 3 heteroatoms. The highest BCUT2D eigenvalue weighted by Gasteiger charge is 2.50. The van der Waals surface area contributed by atoms with Crippen LogP contribution in [0.2, 0.25) is 0 Å². The van der Waals surface area contributed by atoms with E-state index in [2.05, 4.69) is 26.0 Å². The van der Waals surface area contributed by atoms with E-state index in [-0.39, 0.29) is 5.92 Å². The highest BCUT2D eigenvalue weighted by Crippen LogP contribution is 2.50. The second-order valence-corrected chi connectivity index (χ2v) is 6.15. The molecule has 0 aliphatic heterocycles. The lowest BCUT2D eigenvalue weighted by Crippen LogP contribution is -2.43. The lowest BCUT2D eigenvalue weighted by molar-refractivity contribution is -0.141. The zero-order valence-corrected chi connectivity index (χ0v) is 12.4. The Bertz CT molecular complexity index is 509. The second kappa shape index (κ2) is 5.41. The van der Waals surface area contributed by atoms with Gasteiger partial charge in [-0.25, -0.2) is 0 Å². The first-order valence-corrected chi connectivity index (χ1v) is 7.86. The van der Waals surface area contributed by atoms with Gasteiger partial charge in [-0.1, -0.05) is 56.7 Å². The van der Waals surface area contributed by atoms with Crippen molar-refractivity contribution in [3.05, 3.63) is 41.5 Å². The van der Waals surface area contributed by atoms with Gasteiger partial charge in [0.2, 0.25) is 0 Å². The normalized spacial score (nSPS) is 26.8. The van der Waals surface area contributed by atoms with Gasteiger partial charge in [-0.2, -0.15) is 0 Å². The maximum absolute atomic E-state index is 12.0. The molecular weight excluding hydrogens is 256 g/mol. The lowest BCUT2D eigenvalue weighted by atomic mass is 9.72. The Morgan fingerprint density at radius 3 is 2.74 bits per heavy atom. The Morgan fingerprint density at radius 2 is 2.16 bits per heavy atom. The number of hydrogen-bond acceptors (Lipinski definition) is 2. The highest BCUT2D eigenvalue weighted by atomic mass is 32.2. The number of thioether (sulfide) groups is 1. The summed E-state index contributed by atoms with van der Waals surface area (Å²) < 4.78 is -0.860. The van der Waals surface area contributed by atoms with Crippen LogP contribution in [0.25, 0.3) is 6.08 Å². The van der Waals surface area contributed by atoms with Crippen LogP contribution in [-0.2, 0) is 9.54 Å². The summed E-state index contributed by atoms with van der Waals surface area (Å²) in [4.78, 5) is 12.0. The van der Waals surface area contributed by atoms with Gasteiger partial charge in [0, 0.05) is 5.92 Å². The lowest BCUT2D eigenvalue weighted by Gasteiger charge is -2.41. The van der Waals surface area contributed by atoms with E-state index in [0.717, 1.165) is 17.5 Å². The van der Waals surface area contributed by atoms with Crippen molar-refractivity contribution in [2.45, 2.75) is 25.0 Å². The topological polar surface area (TPSA) is 37.3 Å². The number of hydrogen-bond donors (Lipinski definition) is 1. The van der Waals surface area contributed by atoms with Crippen LogP contribution in [0.1, 0.15) is 31.4 Å². The predicted octanol–water partition coefficient (Wildman–Crippen LogP) is 4.02. The molecule has 102 valence electrons. The number of allylic oxidation sites excluding steroid dienone is 1. The summed E-state index contributed by atoms with van der Waals surface area (Å²) in [5, 5.41) is 9.90. The van der Waals surface area contributed by atoms with Crippen molar-refractivity contribution in [3.8, 4) is 0 Å². The quantitative estimate of drug-likeness (QED) is 0.902. The second-order valence-electron chi connectivity index (χ2n) is 5.10. The average Bonchev–Trinajstić information content (AvgIpc) is 2.44. The fraction of sp³-hybridized carbons (Fsp3) is 0.438. The minimum Gasteiger partial charge on any atom is -0.480 e. The Kier molecular flexibility index (Phi) is 4.04. The van der Waals surface area contributed by atoms with Gasteiger partial charge in [-0.15, -0.1) is 11.8 Å². The molecule has 0 bridgehead atoms. The van der Waals surface area contributed by atoms with Crippen LogP contribution < -0.4 is 0 Å². The van der Waals surface area contributed by atoms with Crippen molar-refractivity contribution in [2.24, 2.45) is 11.8 Å². The van der Waals surface area contributed by atoms with Crippen molar-refractivity contribution >= 4 is 23.8 Å². The summed E-state index contributed by atoms with van der Waals surface area (Å²) in [5.41, 5.74) is 1.96. The molecule has 3 atom stereocenters. The summed E-state index contributed by atoms with van der Waals surface area (Å²) in [7, 11) is 0. The number of carbonyl (C=O) groups is 1. The SMILES string of the molecule is CC[C@H](C)[C@H]1C=Cc2ccccc2[C@@]1(SC)C(=O)O. The van der Waals surface area contributed by atoms with Gasteiger partial charge in [0.15, 0.2) is 0 Å². The molecule has 0 heterocycles. The van der Waals surface area contributed by atoms with Crippen LogP contribution in [0.3, 0.4) is 0 Å². The van der Waals surface area contributed by atoms with Crippen molar-refractivity contribution in [2.75, 3.05) is 6.26 Å². The molecule has 19 heavy (non-hydrogen) atoms. The zero-order valence-electron chi connectivity index (χ0n) is 11.6. The summed E-state index contributed by atoms with van der Waals surface area (Å²) in [6, 6.07) is 7.84. The first-order chi connectivity index (χ1) is 9.07. The number of carboxylic acid groups (broad SMARTS) is 1. The summed E-state index contributed by atoms with van der Waals surface area (Å²) in [6.07, 6.45) is 7.04. The largest absolute Gasteiger partial charge is 0.480 e. The van der Waals surface area contributed by atoms with E-state index in [1.807, 2.05) is 30.5 Å². The summed E-state index contributed by atoms with van der Waals surface area (Å²) in [5.74, 6) is -0.366. The molecule has 2 nitrogen and oxygen atoms in total. The summed E-state index contributed by atoms with van der Waals surface area (Å²) >= 11 is 1.44. The maximum Gasteiger partial charge on any atom is 0.324 e. The highest BCUT2D eigenvalue weighted by molar-refractivity contribution is 8.00. The van der Waals surface area contributed by atoms with Gasteiger partial charge in [0.05, 0.1) is 0 Å². The van der Waals surface area contributed by atoms with E-state index in [1.165, 1.54) is 11.8 Å². The molecule has 0 spiro atoms. The predicted molar refractivity (Wildman–Crippen MR) is 81.2 cm³/mol. The minimum absolute atomic E-state index is 0.0277. The van der Waals surface area contributed by atoms with Gasteiger partial charge in [-0.3, -0.25) is 4.79 Å². The monoisotopic (exact) mass is 276 g/mol. The number of carboxylic acids is 1. The first-order valence-electron chi connectivity index (χ1n) is 6.64. The van der Waals surface area contributed by atoms with Crippen molar-refractivity contribution in [1.82, 2.24) is 0 Å². The molecule has 0 fully saturated rings. The van der Waals surface area contributed by atoms with Crippen LogP contribution in [0.4, 0.5) is 0 Å². The van der Waals surface area contributed by atoms with Gasteiger partial charge in [0.1, 0.15) is 4.75 Å². The molecule has 2 rings (SSSR count). The van der Waals surface area contributed by atoms with Crippen LogP contribution in [0, 0.1) is 11.8 Å². The summed E-state index contributed by atoms with van der Waals surface area (Å²) in [6.45, 7) is 4.25. The van der Waals surface area contributed by atoms with E-state index in [4.69, 9.17) is 0 Å². The Balaban J connectivity index is 2.65. The standard InChI is InChI=1S/C16H20O2S/c1-4-11(2)13-10-9-12-7-5-6-8-14(12)16(13,19-3)15(17)18/h5-11,13H,4H2,1-3H3,(H,17,18)/t11-,13+,16+/m0/s1. The molecule has 0 saturated heterocycles. The van der Waals surface area contributed by atoms with Gasteiger partial charge in [-0.05, 0) is 23.3 Å². The third kappa shape index (κ3) is 2.10. The fourth-order valence-electron chi connectivity index (χ4n) is 2.94.